The number of fused-ring (bicyclic) bond motifs is 1. The molecule has 0 spiro atoms. The van der Waals surface area contributed by atoms with Crippen LogP contribution in [0.4, 0.5) is 0 Å². The zero-order chi connectivity index (χ0) is 11.1. The van der Waals surface area contributed by atoms with E-state index in [1.807, 2.05) is 45.0 Å². The highest BCUT2D eigenvalue weighted by Crippen LogP contribution is 2.36. The van der Waals surface area contributed by atoms with E-state index in [4.69, 9.17) is 0 Å². The van der Waals surface area contributed by atoms with Gasteiger partial charge in [0.05, 0.1) is 10.2 Å². The standard InChI is InChI=1S/C12H15NOS/c1-12(2,3)10(14)11-13-8-6-4-5-7-9(8)15-11/h4-7,10,14H,1-3H3/t10-/m1/s1. The van der Waals surface area contributed by atoms with Crippen LogP contribution in [0, 0.1) is 5.41 Å². The minimum Gasteiger partial charge on any atom is -0.385 e. The number of rotatable bonds is 1. The van der Waals surface area contributed by atoms with E-state index in [-0.39, 0.29) is 5.41 Å². The Morgan fingerprint density at radius 2 is 1.93 bits per heavy atom. The van der Waals surface area contributed by atoms with Gasteiger partial charge in [-0.15, -0.1) is 11.3 Å². The van der Waals surface area contributed by atoms with Gasteiger partial charge in [-0.3, -0.25) is 0 Å². The Kier molecular flexibility index (Phi) is 2.52. The van der Waals surface area contributed by atoms with E-state index in [9.17, 15) is 5.11 Å². The molecule has 0 saturated carbocycles. The zero-order valence-electron chi connectivity index (χ0n) is 9.19. The van der Waals surface area contributed by atoms with Crippen LogP contribution < -0.4 is 0 Å². The summed E-state index contributed by atoms with van der Waals surface area (Å²) in [5.74, 6) is 0. The van der Waals surface area contributed by atoms with Gasteiger partial charge in [-0.25, -0.2) is 4.98 Å². The summed E-state index contributed by atoms with van der Waals surface area (Å²) in [4.78, 5) is 4.45. The molecule has 0 saturated heterocycles. The first kappa shape index (κ1) is 10.6. The van der Waals surface area contributed by atoms with Crippen molar-refractivity contribution >= 4 is 21.6 Å². The minimum absolute atomic E-state index is 0.159. The fourth-order valence-electron chi connectivity index (χ4n) is 1.38. The summed E-state index contributed by atoms with van der Waals surface area (Å²) in [5.41, 5.74) is 0.814. The third kappa shape index (κ3) is 2.03. The molecule has 2 nitrogen and oxygen atoms in total. The van der Waals surface area contributed by atoms with Crippen molar-refractivity contribution in [3.8, 4) is 0 Å². The van der Waals surface area contributed by atoms with Crippen LogP contribution in [0.2, 0.25) is 0 Å². The van der Waals surface area contributed by atoms with Crippen LogP contribution in [-0.4, -0.2) is 10.1 Å². The predicted octanol–water partition coefficient (Wildman–Crippen LogP) is 3.38. The molecule has 0 aliphatic heterocycles. The quantitative estimate of drug-likeness (QED) is 0.800. The molecule has 80 valence electrons. The number of hydrogen-bond donors (Lipinski definition) is 1. The monoisotopic (exact) mass is 221 g/mol. The molecule has 15 heavy (non-hydrogen) atoms. The number of hydrogen-bond acceptors (Lipinski definition) is 3. The van der Waals surface area contributed by atoms with Gasteiger partial charge < -0.3 is 5.11 Å². The minimum atomic E-state index is -0.491. The third-order valence-electron chi connectivity index (χ3n) is 2.36. The number of aliphatic hydroxyl groups excluding tert-OH is 1. The summed E-state index contributed by atoms with van der Waals surface area (Å²) >= 11 is 1.57. The second-order valence-corrected chi connectivity index (χ2v) is 5.85. The van der Waals surface area contributed by atoms with Gasteiger partial charge in [0.15, 0.2) is 0 Å². The number of benzene rings is 1. The lowest BCUT2D eigenvalue weighted by atomic mass is 9.90. The van der Waals surface area contributed by atoms with Gasteiger partial charge in [-0.05, 0) is 17.5 Å². The maximum atomic E-state index is 10.1. The molecule has 2 rings (SSSR count). The Morgan fingerprint density at radius 1 is 1.27 bits per heavy atom. The molecule has 0 unspecified atom stereocenters. The van der Waals surface area contributed by atoms with E-state index in [0.717, 1.165) is 15.2 Å². The molecule has 0 fully saturated rings. The molecule has 0 radical (unpaired) electrons. The van der Waals surface area contributed by atoms with E-state index < -0.39 is 6.10 Å². The van der Waals surface area contributed by atoms with E-state index in [1.165, 1.54) is 0 Å². The topological polar surface area (TPSA) is 33.1 Å². The molecule has 1 aromatic carbocycles. The Bertz CT molecular complexity index is 437. The van der Waals surface area contributed by atoms with Gasteiger partial charge >= 0.3 is 0 Å². The highest BCUT2D eigenvalue weighted by Gasteiger charge is 2.26. The summed E-state index contributed by atoms with van der Waals surface area (Å²) in [7, 11) is 0. The van der Waals surface area contributed by atoms with E-state index in [1.54, 1.807) is 11.3 Å². The molecule has 1 atom stereocenters. The highest BCUT2D eigenvalue weighted by atomic mass is 32.1. The van der Waals surface area contributed by atoms with Crippen LogP contribution >= 0.6 is 11.3 Å². The molecule has 0 amide bonds. The first-order valence-corrected chi connectivity index (χ1v) is 5.83. The Morgan fingerprint density at radius 3 is 2.53 bits per heavy atom. The van der Waals surface area contributed by atoms with Crippen molar-refractivity contribution in [3.63, 3.8) is 0 Å². The molecule has 1 N–H and O–H groups in total. The fraction of sp³-hybridized carbons (Fsp3) is 0.417. The van der Waals surface area contributed by atoms with E-state index in [0.29, 0.717) is 0 Å². The number of aliphatic hydroxyl groups is 1. The number of aromatic nitrogens is 1. The van der Waals surface area contributed by atoms with E-state index in [2.05, 4.69) is 4.98 Å². The first-order valence-electron chi connectivity index (χ1n) is 5.02. The van der Waals surface area contributed by atoms with Crippen LogP contribution in [0.1, 0.15) is 31.9 Å². The van der Waals surface area contributed by atoms with Crippen LogP contribution in [-0.2, 0) is 0 Å². The molecular formula is C12H15NOS. The maximum absolute atomic E-state index is 10.1. The third-order valence-corrected chi connectivity index (χ3v) is 3.45. The molecule has 0 bridgehead atoms. The van der Waals surface area contributed by atoms with Crippen molar-refractivity contribution in [2.75, 3.05) is 0 Å². The second kappa shape index (κ2) is 3.58. The summed E-state index contributed by atoms with van der Waals surface area (Å²) in [6.07, 6.45) is -0.491. The lowest BCUT2D eigenvalue weighted by Gasteiger charge is -2.23. The van der Waals surface area contributed by atoms with Gasteiger partial charge in [0.1, 0.15) is 11.1 Å². The number of thiazole rings is 1. The second-order valence-electron chi connectivity index (χ2n) is 4.79. The fourth-order valence-corrected chi connectivity index (χ4v) is 2.58. The lowest BCUT2D eigenvalue weighted by Crippen LogP contribution is -2.17. The normalized spacial score (nSPS) is 14.4. The summed E-state index contributed by atoms with van der Waals surface area (Å²) in [6.45, 7) is 6.05. The average Bonchev–Trinajstić information content (AvgIpc) is 2.58. The number of para-hydroxylation sites is 1. The van der Waals surface area contributed by atoms with Gasteiger partial charge in [0.25, 0.3) is 0 Å². The van der Waals surface area contributed by atoms with Crippen LogP contribution in [0.3, 0.4) is 0 Å². The maximum Gasteiger partial charge on any atom is 0.123 e. The highest BCUT2D eigenvalue weighted by molar-refractivity contribution is 7.18. The Balaban J connectivity index is 2.45. The largest absolute Gasteiger partial charge is 0.385 e. The van der Waals surface area contributed by atoms with Crippen molar-refractivity contribution in [2.24, 2.45) is 5.41 Å². The van der Waals surface area contributed by atoms with Gasteiger partial charge in [0, 0.05) is 0 Å². The van der Waals surface area contributed by atoms with Crippen LogP contribution in [0.15, 0.2) is 24.3 Å². The van der Waals surface area contributed by atoms with Gasteiger partial charge in [-0.1, -0.05) is 32.9 Å². The van der Waals surface area contributed by atoms with Crippen molar-refractivity contribution in [1.29, 1.82) is 0 Å². The number of nitrogens with zero attached hydrogens (tertiary/aromatic N) is 1. The summed E-state index contributed by atoms with van der Waals surface area (Å²) in [6, 6.07) is 7.97. The molecule has 2 aromatic rings. The zero-order valence-corrected chi connectivity index (χ0v) is 10.0. The van der Waals surface area contributed by atoms with E-state index >= 15 is 0 Å². The smallest absolute Gasteiger partial charge is 0.123 e. The molecular weight excluding hydrogens is 206 g/mol. The summed E-state index contributed by atoms with van der Waals surface area (Å²) in [5, 5.41) is 10.9. The predicted molar refractivity (Wildman–Crippen MR) is 64.0 cm³/mol. The first-order chi connectivity index (χ1) is 6.98. The van der Waals surface area contributed by atoms with Crippen molar-refractivity contribution in [1.82, 2.24) is 4.98 Å². The van der Waals surface area contributed by atoms with Crippen molar-refractivity contribution in [3.05, 3.63) is 29.3 Å². The van der Waals surface area contributed by atoms with Gasteiger partial charge in [-0.2, -0.15) is 0 Å². The molecule has 1 aromatic heterocycles. The molecule has 3 heteroatoms. The van der Waals surface area contributed by atoms with Crippen molar-refractivity contribution < 1.29 is 5.11 Å². The Labute approximate surface area is 93.6 Å². The Hall–Kier alpha value is -0.930. The van der Waals surface area contributed by atoms with Crippen LogP contribution in [0.5, 0.6) is 0 Å². The van der Waals surface area contributed by atoms with Crippen molar-refractivity contribution in [2.45, 2.75) is 26.9 Å². The SMILES string of the molecule is CC(C)(C)[C@H](O)c1nc2ccccc2s1. The average molecular weight is 221 g/mol. The van der Waals surface area contributed by atoms with Gasteiger partial charge in [0.2, 0.25) is 0 Å². The lowest BCUT2D eigenvalue weighted by molar-refractivity contribution is 0.0626. The molecule has 1 heterocycles. The van der Waals surface area contributed by atoms with Crippen LogP contribution in [0.25, 0.3) is 10.2 Å². The molecule has 0 aliphatic carbocycles. The molecule has 0 aliphatic rings. The summed E-state index contributed by atoms with van der Waals surface area (Å²) < 4.78 is 1.14.